The molecule has 1 saturated carbocycles. The number of rotatable bonds is 4. The number of pyridine rings is 1. The SMILES string of the molecule is O=C(C1CC1c1cccc(Br)c1)N1CCN(S(=O)(=O)c2c[nH]c3ncccc23)CC1. The van der Waals surface area contributed by atoms with Crippen LogP contribution in [0.15, 0.2) is 58.2 Å². The number of fused-ring (bicyclic) bond motifs is 1. The van der Waals surface area contributed by atoms with Gasteiger partial charge in [0.25, 0.3) is 0 Å². The molecule has 9 heteroatoms. The quantitative estimate of drug-likeness (QED) is 0.611. The first-order valence-electron chi connectivity index (χ1n) is 9.91. The number of piperazine rings is 1. The molecule has 0 bridgehead atoms. The van der Waals surface area contributed by atoms with Gasteiger partial charge in [-0.15, -0.1) is 0 Å². The molecule has 2 fully saturated rings. The number of carbonyl (C=O) groups is 1. The van der Waals surface area contributed by atoms with Gasteiger partial charge in [-0.1, -0.05) is 28.1 Å². The molecule has 5 rings (SSSR count). The number of amides is 1. The number of nitrogens with one attached hydrogen (secondary N) is 1. The van der Waals surface area contributed by atoms with E-state index >= 15 is 0 Å². The summed E-state index contributed by atoms with van der Waals surface area (Å²) in [7, 11) is -3.64. The molecule has 3 aromatic rings. The lowest BCUT2D eigenvalue weighted by Crippen LogP contribution is -2.51. The molecule has 2 aromatic heterocycles. The molecule has 1 aliphatic carbocycles. The summed E-state index contributed by atoms with van der Waals surface area (Å²) >= 11 is 3.48. The molecule has 1 aliphatic heterocycles. The van der Waals surface area contributed by atoms with Crippen molar-refractivity contribution in [1.82, 2.24) is 19.2 Å². The van der Waals surface area contributed by atoms with Gasteiger partial charge in [-0.05, 0) is 42.2 Å². The predicted octanol–water partition coefficient (Wildman–Crippen LogP) is 2.96. The highest BCUT2D eigenvalue weighted by Gasteiger charge is 2.46. The first-order chi connectivity index (χ1) is 14.4. The maximum Gasteiger partial charge on any atom is 0.245 e. The molecule has 2 atom stereocenters. The first kappa shape index (κ1) is 19.7. The molecule has 2 aliphatic rings. The van der Waals surface area contributed by atoms with Crippen LogP contribution in [0.2, 0.25) is 0 Å². The number of benzene rings is 1. The molecule has 3 heterocycles. The van der Waals surface area contributed by atoms with Crippen molar-refractivity contribution < 1.29 is 13.2 Å². The molecule has 7 nitrogen and oxygen atoms in total. The number of carbonyl (C=O) groups excluding carboxylic acids is 1. The summed E-state index contributed by atoms with van der Waals surface area (Å²) < 4.78 is 28.7. The summed E-state index contributed by atoms with van der Waals surface area (Å²) in [5.74, 6) is 0.394. The average molecular weight is 489 g/mol. The van der Waals surface area contributed by atoms with E-state index in [0.717, 1.165) is 10.9 Å². The van der Waals surface area contributed by atoms with Gasteiger partial charge in [-0.25, -0.2) is 13.4 Å². The van der Waals surface area contributed by atoms with Crippen molar-refractivity contribution in [3.8, 4) is 0 Å². The Kier molecular flexibility index (Phi) is 4.91. The molecular formula is C21H21BrN4O3S. The second-order valence-electron chi connectivity index (χ2n) is 7.79. The van der Waals surface area contributed by atoms with Crippen molar-refractivity contribution in [2.75, 3.05) is 26.2 Å². The minimum atomic E-state index is -3.64. The Balaban J connectivity index is 1.25. The topological polar surface area (TPSA) is 86.4 Å². The van der Waals surface area contributed by atoms with Gasteiger partial charge in [-0.3, -0.25) is 4.79 Å². The minimum absolute atomic E-state index is 0.00199. The van der Waals surface area contributed by atoms with E-state index in [-0.39, 0.29) is 22.6 Å². The molecule has 0 radical (unpaired) electrons. The van der Waals surface area contributed by atoms with Crippen LogP contribution in [0.3, 0.4) is 0 Å². The number of nitrogens with zero attached hydrogens (tertiary/aromatic N) is 3. The molecule has 156 valence electrons. The van der Waals surface area contributed by atoms with Crippen molar-refractivity contribution in [3.05, 3.63) is 58.8 Å². The normalized spacial score (nSPS) is 22.4. The van der Waals surface area contributed by atoms with Crippen LogP contribution in [0.4, 0.5) is 0 Å². The van der Waals surface area contributed by atoms with Crippen LogP contribution in [0.25, 0.3) is 11.0 Å². The molecule has 30 heavy (non-hydrogen) atoms. The summed E-state index contributed by atoms with van der Waals surface area (Å²) in [6.07, 6.45) is 3.98. The van der Waals surface area contributed by atoms with Crippen LogP contribution < -0.4 is 0 Å². The number of halogens is 1. The largest absolute Gasteiger partial charge is 0.345 e. The van der Waals surface area contributed by atoms with E-state index in [1.807, 2.05) is 17.0 Å². The van der Waals surface area contributed by atoms with E-state index in [0.29, 0.717) is 37.2 Å². The van der Waals surface area contributed by atoms with Gasteiger partial charge < -0.3 is 9.88 Å². The Bertz CT molecular complexity index is 1220. The first-order valence-corrected chi connectivity index (χ1v) is 12.1. The third-order valence-corrected chi connectivity index (χ3v) is 8.40. The van der Waals surface area contributed by atoms with Gasteiger partial charge in [0, 0.05) is 54.3 Å². The standard InChI is InChI=1S/C21H21BrN4O3S/c22-15-4-1-3-14(11-15)17-12-18(17)21(27)25-7-9-26(10-8-25)30(28,29)19-13-24-20-16(19)5-2-6-23-20/h1-6,11,13,17-18H,7-10,12H2,(H,23,24). The summed E-state index contributed by atoms with van der Waals surface area (Å²) in [6, 6.07) is 11.6. The molecule has 1 amide bonds. The summed E-state index contributed by atoms with van der Waals surface area (Å²) in [5, 5.41) is 0.589. The Morgan fingerprint density at radius 1 is 1.13 bits per heavy atom. The van der Waals surface area contributed by atoms with Gasteiger partial charge in [-0.2, -0.15) is 4.31 Å². The number of H-pyrrole nitrogens is 1. The van der Waals surface area contributed by atoms with Crippen molar-refractivity contribution in [1.29, 1.82) is 0 Å². The Hall–Kier alpha value is -2.23. The lowest BCUT2D eigenvalue weighted by atomic mass is 10.1. The van der Waals surface area contributed by atoms with E-state index in [4.69, 9.17) is 0 Å². The fourth-order valence-corrected chi connectivity index (χ4v) is 6.23. The molecule has 1 N–H and O–H groups in total. The van der Waals surface area contributed by atoms with Gasteiger partial charge in [0.15, 0.2) is 0 Å². The van der Waals surface area contributed by atoms with E-state index in [1.54, 1.807) is 18.3 Å². The van der Waals surface area contributed by atoms with Crippen LogP contribution in [0.5, 0.6) is 0 Å². The lowest BCUT2D eigenvalue weighted by Gasteiger charge is -2.34. The molecule has 0 spiro atoms. The van der Waals surface area contributed by atoms with E-state index < -0.39 is 10.0 Å². The number of aromatic amines is 1. The van der Waals surface area contributed by atoms with Crippen LogP contribution in [0, 0.1) is 5.92 Å². The maximum atomic E-state index is 13.1. The highest BCUT2D eigenvalue weighted by molar-refractivity contribution is 9.10. The second-order valence-corrected chi connectivity index (χ2v) is 10.6. The number of hydrogen-bond acceptors (Lipinski definition) is 4. The van der Waals surface area contributed by atoms with E-state index in [9.17, 15) is 13.2 Å². The van der Waals surface area contributed by atoms with Crippen molar-refractivity contribution in [3.63, 3.8) is 0 Å². The summed E-state index contributed by atoms with van der Waals surface area (Å²) in [6.45, 7) is 1.44. The van der Waals surface area contributed by atoms with E-state index in [1.165, 1.54) is 16.1 Å². The van der Waals surface area contributed by atoms with Gasteiger partial charge in [0.2, 0.25) is 15.9 Å². The third-order valence-electron chi connectivity index (χ3n) is 5.97. The number of aromatic nitrogens is 2. The molecule has 1 saturated heterocycles. The third kappa shape index (κ3) is 3.44. The van der Waals surface area contributed by atoms with Crippen molar-refractivity contribution >= 4 is 42.9 Å². The average Bonchev–Trinajstić information content (AvgIpc) is 3.44. The van der Waals surface area contributed by atoms with E-state index in [2.05, 4.69) is 38.0 Å². The Labute approximate surface area is 183 Å². The zero-order valence-electron chi connectivity index (χ0n) is 16.2. The smallest absolute Gasteiger partial charge is 0.245 e. The second kappa shape index (κ2) is 7.47. The fraction of sp³-hybridized carbons (Fsp3) is 0.333. The van der Waals surface area contributed by atoms with Crippen LogP contribution in [-0.4, -0.2) is 59.7 Å². The van der Waals surface area contributed by atoms with Crippen LogP contribution >= 0.6 is 15.9 Å². The predicted molar refractivity (Wildman–Crippen MR) is 116 cm³/mol. The van der Waals surface area contributed by atoms with Gasteiger partial charge >= 0.3 is 0 Å². The van der Waals surface area contributed by atoms with Crippen LogP contribution in [-0.2, 0) is 14.8 Å². The van der Waals surface area contributed by atoms with Gasteiger partial charge in [0.1, 0.15) is 10.5 Å². The summed E-state index contributed by atoms with van der Waals surface area (Å²) in [5.41, 5.74) is 1.73. The number of sulfonamides is 1. The summed E-state index contributed by atoms with van der Waals surface area (Å²) in [4.78, 5) is 22.1. The van der Waals surface area contributed by atoms with Crippen molar-refractivity contribution in [2.45, 2.75) is 17.2 Å². The Morgan fingerprint density at radius 2 is 1.93 bits per heavy atom. The van der Waals surface area contributed by atoms with Gasteiger partial charge in [0.05, 0.1) is 0 Å². The molecule has 1 aromatic carbocycles. The fourth-order valence-electron chi connectivity index (χ4n) is 4.24. The molecular weight excluding hydrogens is 468 g/mol. The van der Waals surface area contributed by atoms with Crippen LogP contribution in [0.1, 0.15) is 17.9 Å². The highest BCUT2D eigenvalue weighted by atomic mass is 79.9. The minimum Gasteiger partial charge on any atom is -0.345 e. The zero-order valence-corrected chi connectivity index (χ0v) is 18.6. The van der Waals surface area contributed by atoms with Crippen molar-refractivity contribution in [2.24, 2.45) is 5.92 Å². The number of hydrogen-bond donors (Lipinski definition) is 1. The molecule has 2 unspecified atom stereocenters. The highest BCUT2D eigenvalue weighted by Crippen LogP contribution is 2.49. The zero-order chi connectivity index (χ0) is 20.9. The maximum absolute atomic E-state index is 13.1. The monoisotopic (exact) mass is 488 g/mol. The lowest BCUT2D eigenvalue weighted by molar-refractivity contribution is -0.133. The Morgan fingerprint density at radius 3 is 2.70 bits per heavy atom.